The first kappa shape index (κ1) is 16.3. The van der Waals surface area contributed by atoms with Gasteiger partial charge in [0, 0.05) is 6.42 Å². The van der Waals surface area contributed by atoms with Crippen molar-refractivity contribution in [2.24, 2.45) is 11.3 Å². The van der Waals surface area contributed by atoms with Crippen molar-refractivity contribution in [2.45, 2.75) is 70.3 Å². The van der Waals surface area contributed by atoms with Gasteiger partial charge in [0.05, 0.1) is 17.6 Å². The van der Waals surface area contributed by atoms with Crippen molar-refractivity contribution in [3.05, 3.63) is 0 Å². The standard InChI is InChI=1S/C16H27NO4/c1-12-4-8-16(11-18,9-5-12)17-13(19)10-15(14(20)21)6-2-3-7-15/h12,18H,2-11H2,1H3,(H,17,19)(H,20,21). The maximum absolute atomic E-state index is 12.3. The van der Waals surface area contributed by atoms with Crippen LogP contribution in [0.1, 0.15) is 64.7 Å². The van der Waals surface area contributed by atoms with Crippen LogP contribution in [0.3, 0.4) is 0 Å². The zero-order valence-electron chi connectivity index (χ0n) is 12.9. The van der Waals surface area contributed by atoms with E-state index in [1.54, 1.807) is 0 Å². The van der Waals surface area contributed by atoms with Crippen LogP contribution in [-0.4, -0.2) is 34.2 Å². The summed E-state index contributed by atoms with van der Waals surface area (Å²) in [4.78, 5) is 23.9. The minimum atomic E-state index is -0.886. The van der Waals surface area contributed by atoms with Crippen LogP contribution in [0.4, 0.5) is 0 Å². The van der Waals surface area contributed by atoms with Gasteiger partial charge in [0.15, 0.2) is 0 Å². The third kappa shape index (κ3) is 3.57. The molecule has 120 valence electrons. The van der Waals surface area contributed by atoms with Crippen LogP contribution in [0.15, 0.2) is 0 Å². The van der Waals surface area contributed by atoms with Crippen molar-refractivity contribution in [3.63, 3.8) is 0 Å². The third-order valence-corrected chi connectivity index (χ3v) is 5.45. The highest BCUT2D eigenvalue weighted by atomic mass is 16.4. The van der Waals surface area contributed by atoms with Gasteiger partial charge in [-0.05, 0) is 44.4 Å². The second kappa shape index (κ2) is 6.34. The predicted molar refractivity (Wildman–Crippen MR) is 78.7 cm³/mol. The number of aliphatic hydroxyl groups is 1. The van der Waals surface area contributed by atoms with E-state index in [0.29, 0.717) is 18.8 Å². The molecule has 2 saturated carbocycles. The van der Waals surface area contributed by atoms with E-state index in [1.165, 1.54) is 0 Å². The monoisotopic (exact) mass is 297 g/mol. The van der Waals surface area contributed by atoms with Crippen molar-refractivity contribution >= 4 is 11.9 Å². The molecule has 0 saturated heterocycles. The SMILES string of the molecule is CC1CCC(CO)(NC(=O)CC2(C(=O)O)CCCC2)CC1. The molecule has 0 bridgehead atoms. The smallest absolute Gasteiger partial charge is 0.310 e. The summed E-state index contributed by atoms with van der Waals surface area (Å²) in [5.74, 6) is -0.449. The maximum Gasteiger partial charge on any atom is 0.310 e. The average molecular weight is 297 g/mol. The van der Waals surface area contributed by atoms with Crippen LogP contribution in [0.2, 0.25) is 0 Å². The van der Waals surface area contributed by atoms with E-state index < -0.39 is 16.9 Å². The van der Waals surface area contributed by atoms with Crippen LogP contribution in [0.25, 0.3) is 0 Å². The maximum atomic E-state index is 12.3. The Hall–Kier alpha value is -1.10. The van der Waals surface area contributed by atoms with Gasteiger partial charge in [0.2, 0.25) is 5.91 Å². The molecule has 2 rings (SSSR count). The fourth-order valence-electron chi connectivity index (χ4n) is 3.80. The highest BCUT2D eigenvalue weighted by Crippen LogP contribution is 2.41. The van der Waals surface area contributed by atoms with E-state index in [-0.39, 0.29) is 18.9 Å². The molecule has 2 fully saturated rings. The number of carboxylic acids is 1. The van der Waals surface area contributed by atoms with E-state index in [0.717, 1.165) is 38.5 Å². The van der Waals surface area contributed by atoms with Gasteiger partial charge >= 0.3 is 5.97 Å². The molecule has 0 aliphatic heterocycles. The van der Waals surface area contributed by atoms with Gasteiger partial charge < -0.3 is 15.5 Å². The molecule has 0 heterocycles. The molecule has 0 spiro atoms. The number of aliphatic carboxylic acids is 1. The van der Waals surface area contributed by atoms with Crippen LogP contribution in [-0.2, 0) is 9.59 Å². The van der Waals surface area contributed by atoms with Crippen molar-refractivity contribution in [2.75, 3.05) is 6.61 Å². The first-order chi connectivity index (χ1) is 9.91. The summed E-state index contributed by atoms with van der Waals surface area (Å²) >= 11 is 0. The molecule has 21 heavy (non-hydrogen) atoms. The van der Waals surface area contributed by atoms with Gasteiger partial charge in [-0.1, -0.05) is 19.8 Å². The zero-order chi connectivity index (χ0) is 15.5. The van der Waals surface area contributed by atoms with Crippen molar-refractivity contribution in [3.8, 4) is 0 Å². The molecule has 0 unspecified atom stereocenters. The molecule has 0 atom stereocenters. The normalized spacial score (nSPS) is 31.8. The summed E-state index contributed by atoms with van der Waals surface area (Å²) in [6, 6.07) is 0. The molecule has 0 radical (unpaired) electrons. The number of hydrogen-bond acceptors (Lipinski definition) is 3. The number of aliphatic hydroxyl groups excluding tert-OH is 1. The summed E-state index contributed by atoms with van der Waals surface area (Å²) in [7, 11) is 0. The van der Waals surface area contributed by atoms with Gasteiger partial charge in [0.25, 0.3) is 0 Å². The number of amides is 1. The first-order valence-electron chi connectivity index (χ1n) is 8.07. The number of rotatable bonds is 5. The molecule has 0 aromatic carbocycles. The quantitative estimate of drug-likeness (QED) is 0.725. The van der Waals surface area contributed by atoms with E-state index in [9.17, 15) is 19.8 Å². The molecule has 0 aromatic heterocycles. The van der Waals surface area contributed by atoms with Gasteiger partial charge in [0.1, 0.15) is 0 Å². The topological polar surface area (TPSA) is 86.6 Å². The molecule has 2 aliphatic rings. The van der Waals surface area contributed by atoms with Crippen LogP contribution in [0, 0.1) is 11.3 Å². The predicted octanol–water partition coefficient (Wildman–Crippen LogP) is 2.08. The van der Waals surface area contributed by atoms with E-state index in [2.05, 4.69) is 12.2 Å². The second-order valence-corrected chi connectivity index (χ2v) is 7.14. The number of carbonyl (C=O) groups is 2. The van der Waals surface area contributed by atoms with E-state index in [1.807, 2.05) is 0 Å². The lowest BCUT2D eigenvalue weighted by Gasteiger charge is -2.39. The Morgan fingerprint density at radius 3 is 2.19 bits per heavy atom. The number of hydrogen-bond donors (Lipinski definition) is 3. The number of carbonyl (C=O) groups excluding carboxylic acids is 1. The molecule has 5 heteroatoms. The van der Waals surface area contributed by atoms with Crippen LogP contribution >= 0.6 is 0 Å². The Labute approximate surface area is 126 Å². The highest BCUT2D eigenvalue weighted by molar-refractivity contribution is 5.85. The van der Waals surface area contributed by atoms with Gasteiger partial charge in [-0.25, -0.2) is 0 Å². The minimum absolute atomic E-state index is 0.0413. The lowest BCUT2D eigenvalue weighted by atomic mass is 9.76. The van der Waals surface area contributed by atoms with Crippen LogP contribution < -0.4 is 5.32 Å². The van der Waals surface area contributed by atoms with Crippen LogP contribution in [0.5, 0.6) is 0 Å². The summed E-state index contributed by atoms with van der Waals surface area (Å²) in [5, 5.41) is 22.1. The fourth-order valence-corrected chi connectivity index (χ4v) is 3.80. The molecule has 0 aromatic rings. The average Bonchev–Trinajstić information content (AvgIpc) is 2.91. The van der Waals surface area contributed by atoms with Gasteiger partial charge in [-0.2, -0.15) is 0 Å². The summed E-state index contributed by atoms with van der Waals surface area (Å²) in [6.45, 7) is 2.12. The van der Waals surface area contributed by atoms with Gasteiger partial charge in [-0.3, -0.25) is 9.59 Å². The highest BCUT2D eigenvalue weighted by Gasteiger charge is 2.44. The Bertz CT molecular complexity index is 393. The van der Waals surface area contributed by atoms with Gasteiger partial charge in [-0.15, -0.1) is 0 Å². The van der Waals surface area contributed by atoms with Crippen molar-refractivity contribution in [1.29, 1.82) is 0 Å². The Kier molecular flexibility index (Phi) is 4.91. The molecular weight excluding hydrogens is 270 g/mol. The third-order valence-electron chi connectivity index (χ3n) is 5.45. The number of nitrogens with one attached hydrogen (secondary N) is 1. The lowest BCUT2D eigenvalue weighted by Crippen LogP contribution is -2.54. The fraction of sp³-hybridized carbons (Fsp3) is 0.875. The Morgan fingerprint density at radius 2 is 1.71 bits per heavy atom. The Morgan fingerprint density at radius 1 is 1.14 bits per heavy atom. The van der Waals surface area contributed by atoms with Crippen molar-refractivity contribution < 1.29 is 19.8 Å². The van der Waals surface area contributed by atoms with E-state index in [4.69, 9.17) is 0 Å². The zero-order valence-corrected chi connectivity index (χ0v) is 12.9. The molecule has 2 aliphatic carbocycles. The van der Waals surface area contributed by atoms with E-state index >= 15 is 0 Å². The summed E-state index contributed by atoms with van der Waals surface area (Å²) in [5.41, 5.74) is -1.43. The second-order valence-electron chi connectivity index (χ2n) is 7.14. The summed E-state index contributed by atoms with van der Waals surface area (Å²) < 4.78 is 0. The first-order valence-corrected chi connectivity index (χ1v) is 8.07. The Balaban J connectivity index is 1.98. The molecule has 5 nitrogen and oxygen atoms in total. The molecule has 1 amide bonds. The lowest BCUT2D eigenvalue weighted by molar-refractivity contribution is -0.152. The molecular formula is C16H27NO4. The minimum Gasteiger partial charge on any atom is -0.481 e. The van der Waals surface area contributed by atoms with Crippen molar-refractivity contribution in [1.82, 2.24) is 5.32 Å². The summed E-state index contributed by atoms with van der Waals surface area (Å²) in [6.07, 6.45) is 6.49. The largest absolute Gasteiger partial charge is 0.481 e. The molecule has 3 N–H and O–H groups in total. The number of carboxylic acid groups (broad SMARTS) is 1.